The molecule has 0 radical (unpaired) electrons. The molecule has 2 aromatic rings. The molecule has 1 saturated heterocycles. The summed E-state index contributed by atoms with van der Waals surface area (Å²) < 4.78 is 7.39. The van der Waals surface area contributed by atoms with E-state index in [0.717, 1.165) is 24.2 Å². The number of rotatable bonds is 6. The van der Waals surface area contributed by atoms with Gasteiger partial charge in [-0.1, -0.05) is 0 Å². The maximum atomic E-state index is 12.6. The van der Waals surface area contributed by atoms with E-state index >= 15 is 0 Å². The molecule has 0 saturated carbocycles. The first-order chi connectivity index (χ1) is 11.7. The van der Waals surface area contributed by atoms with Crippen LogP contribution in [0.5, 0.6) is 0 Å². The van der Waals surface area contributed by atoms with Crippen LogP contribution >= 0.6 is 0 Å². The van der Waals surface area contributed by atoms with Gasteiger partial charge >= 0.3 is 0 Å². The Bertz CT molecular complexity index is 658. The molecule has 1 aliphatic rings. The van der Waals surface area contributed by atoms with Gasteiger partial charge in [0.25, 0.3) is 0 Å². The number of nitrogens with zero attached hydrogens (tertiary/aromatic N) is 5. The third-order valence-corrected chi connectivity index (χ3v) is 4.23. The number of carbonyl (C=O) groups excluding carboxylic acids is 1. The van der Waals surface area contributed by atoms with Crippen molar-refractivity contribution in [1.82, 2.24) is 24.6 Å². The highest BCUT2D eigenvalue weighted by Gasteiger charge is 2.26. The minimum Gasteiger partial charge on any atom is -0.377 e. The normalized spacial score (nSPS) is 17.9. The minimum absolute atomic E-state index is 0.104. The van der Waals surface area contributed by atoms with E-state index in [9.17, 15) is 4.79 Å². The van der Waals surface area contributed by atoms with Gasteiger partial charge in [0.15, 0.2) is 0 Å². The Morgan fingerprint density at radius 1 is 1.42 bits per heavy atom. The minimum atomic E-state index is 0.104. The van der Waals surface area contributed by atoms with Crippen molar-refractivity contribution < 1.29 is 9.53 Å². The van der Waals surface area contributed by atoms with Gasteiger partial charge in [-0.25, -0.2) is 0 Å². The van der Waals surface area contributed by atoms with Crippen LogP contribution in [0.1, 0.15) is 24.2 Å². The number of amides is 1. The summed E-state index contributed by atoms with van der Waals surface area (Å²) in [6.45, 7) is 4.41. The molecule has 2 aromatic heterocycles. The smallest absolute Gasteiger partial charge is 0.224 e. The lowest BCUT2D eigenvalue weighted by Gasteiger charge is -2.35. The van der Waals surface area contributed by atoms with Crippen LogP contribution in [0.15, 0.2) is 30.9 Å². The van der Waals surface area contributed by atoms with Gasteiger partial charge in [0.2, 0.25) is 5.91 Å². The summed E-state index contributed by atoms with van der Waals surface area (Å²) in [5.41, 5.74) is 1.91. The molecular weight excluding hydrogens is 306 g/mol. The van der Waals surface area contributed by atoms with Crippen molar-refractivity contribution in [3.05, 3.63) is 42.2 Å². The number of ether oxygens (including phenoxy) is 1. The molecule has 1 amide bonds. The van der Waals surface area contributed by atoms with Gasteiger partial charge in [0, 0.05) is 44.3 Å². The van der Waals surface area contributed by atoms with Crippen molar-refractivity contribution in [2.24, 2.45) is 0 Å². The molecule has 0 aromatic carbocycles. The van der Waals surface area contributed by atoms with Crippen LogP contribution < -0.4 is 0 Å². The number of aromatic nitrogens is 4. The first-order valence-electron chi connectivity index (χ1n) is 8.34. The molecule has 1 fully saturated rings. The lowest BCUT2D eigenvalue weighted by atomic mass is 10.1. The van der Waals surface area contributed by atoms with E-state index in [1.807, 2.05) is 28.8 Å². The zero-order chi connectivity index (χ0) is 16.8. The molecule has 128 valence electrons. The number of hydrogen-bond acceptors (Lipinski definition) is 5. The molecule has 7 nitrogen and oxygen atoms in total. The van der Waals surface area contributed by atoms with Crippen LogP contribution in [0.2, 0.25) is 0 Å². The Hall–Kier alpha value is -2.28. The zero-order valence-corrected chi connectivity index (χ0v) is 14.0. The predicted octanol–water partition coefficient (Wildman–Crippen LogP) is 1.23. The van der Waals surface area contributed by atoms with E-state index in [2.05, 4.69) is 15.1 Å². The summed E-state index contributed by atoms with van der Waals surface area (Å²) in [5, 5.41) is 4.33. The lowest BCUT2D eigenvalue weighted by molar-refractivity contribution is -0.140. The van der Waals surface area contributed by atoms with Crippen LogP contribution in [0, 0.1) is 6.92 Å². The molecule has 1 aliphatic heterocycles. The molecule has 0 aliphatic carbocycles. The summed E-state index contributed by atoms with van der Waals surface area (Å²) in [6.07, 6.45) is 9.14. The molecule has 0 spiro atoms. The maximum Gasteiger partial charge on any atom is 0.224 e. The van der Waals surface area contributed by atoms with E-state index in [-0.39, 0.29) is 11.9 Å². The Morgan fingerprint density at radius 3 is 3.08 bits per heavy atom. The Labute approximate surface area is 141 Å². The van der Waals surface area contributed by atoms with Crippen molar-refractivity contribution in [1.29, 1.82) is 0 Å². The summed E-state index contributed by atoms with van der Waals surface area (Å²) in [5.74, 6) is 0.163. The largest absolute Gasteiger partial charge is 0.377 e. The molecule has 0 unspecified atom stereocenters. The monoisotopic (exact) mass is 329 g/mol. The van der Waals surface area contributed by atoms with Gasteiger partial charge in [-0.05, 0) is 25.8 Å². The van der Waals surface area contributed by atoms with Crippen molar-refractivity contribution in [2.45, 2.75) is 38.8 Å². The van der Waals surface area contributed by atoms with Gasteiger partial charge in [-0.15, -0.1) is 0 Å². The van der Waals surface area contributed by atoms with E-state index in [1.165, 1.54) is 0 Å². The zero-order valence-electron chi connectivity index (χ0n) is 14.0. The number of morpholine rings is 1. The van der Waals surface area contributed by atoms with Gasteiger partial charge in [-0.3, -0.25) is 19.4 Å². The fourth-order valence-electron chi connectivity index (χ4n) is 2.94. The molecule has 24 heavy (non-hydrogen) atoms. The fraction of sp³-hybridized carbons (Fsp3) is 0.529. The highest BCUT2D eigenvalue weighted by molar-refractivity contribution is 5.76. The van der Waals surface area contributed by atoms with Crippen LogP contribution in [-0.2, 0) is 22.5 Å². The maximum absolute atomic E-state index is 12.6. The summed E-state index contributed by atoms with van der Waals surface area (Å²) in [6, 6.07) is 2.05. The van der Waals surface area contributed by atoms with Crippen LogP contribution in [-0.4, -0.2) is 56.4 Å². The first kappa shape index (κ1) is 16.6. The highest BCUT2D eigenvalue weighted by atomic mass is 16.5. The topological polar surface area (TPSA) is 73.1 Å². The summed E-state index contributed by atoms with van der Waals surface area (Å²) >= 11 is 0. The third kappa shape index (κ3) is 4.38. The second kappa shape index (κ2) is 8.01. The van der Waals surface area contributed by atoms with E-state index in [4.69, 9.17) is 4.74 Å². The van der Waals surface area contributed by atoms with Crippen molar-refractivity contribution in [3.8, 4) is 0 Å². The van der Waals surface area contributed by atoms with Crippen molar-refractivity contribution >= 4 is 5.91 Å². The number of hydrogen-bond donors (Lipinski definition) is 0. The van der Waals surface area contributed by atoms with E-state index in [0.29, 0.717) is 32.7 Å². The second-order valence-corrected chi connectivity index (χ2v) is 6.02. The Morgan fingerprint density at radius 2 is 2.33 bits per heavy atom. The first-order valence-corrected chi connectivity index (χ1v) is 8.34. The second-order valence-electron chi connectivity index (χ2n) is 6.02. The molecule has 0 N–H and O–H groups in total. The van der Waals surface area contributed by atoms with Crippen molar-refractivity contribution in [3.63, 3.8) is 0 Å². The fourth-order valence-corrected chi connectivity index (χ4v) is 2.94. The SMILES string of the molecule is Cc1ccn(CCC(=O)N2CCOC[C@@H]2CCc2cnccn2)n1. The Balaban J connectivity index is 1.54. The lowest BCUT2D eigenvalue weighted by Crippen LogP contribution is -2.49. The van der Waals surface area contributed by atoms with Crippen molar-refractivity contribution in [2.75, 3.05) is 19.8 Å². The Kier molecular flexibility index (Phi) is 5.53. The highest BCUT2D eigenvalue weighted by Crippen LogP contribution is 2.15. The quantitative estimate of drug-likeness (QED) is 0.797. The summed E-state index contributed by atoms with van der Waals surface area (Å²) in [4.78, 5) is 22.9. The molecule has 3 heterocycles. The van der Waals surface area contributed by atoms with E-state index < -0.39 is 0 Å². The van der Waals surface area contributed by atoms with E-state index in [1.54, 1.807) is 18.6 Å². The molecule has 7 heteroatoms. The predicted molar refractivity (Wildman–Crippen MR) is 88.3 cm³/mol. The third-order valence-electron chi connectivity index (χ3n) is 4.23. The summed E-state index contributed by atoms with van der Waals surface area (Å²) in [7, 11) is 0. The average Bonchev–Trinajstić information content (AvgIpc) is 3.04. The standard InChI is InChI=1S/C17H23N5O2/c1-14-4-8-21(20-14)9-5-17(23)22-10-11-24-13-16(22)3-2-15-12-18-6-7-19-15/h4,6-8,12,16H,2-3,5,9-11,13H2,1H3/t16-/m0/s1. The molecule has 0 bridgehead atoms. The van der Waals surface area contributed by atoms with Crippen LogP contribution in [0.3, 0.4) is 0 Å². The molecule has 1 atom stereocenters. The molecule has 3 rings (SSSR count). The van der Waals surface area contributed by atoms with Crippen LogP contribution in [0.25, 0.3) is 0 Å². The van der Waals surface area contributed by atoms with Gasteiger partial charge in [0.05, 0.1) is 30.6 Å². The number of carbonyl (C=O) groups is 1. The average molecular weight is 329 g/mol. The van der Waals surface area contributed by atoms with Crippen LogP contribution in [0.4, 0.5) is 0 Å². The molecular formula is C17H23N5O2. The van der Waals surface area contributed by atoms with Gasteiger partial charge in [0.1, 0.15) is 0 Å². The van der Waals surface area contributed by atoms with Gasteiger partial charge < -0.3 is 9.64 Å². The van der Waals surface area contributed by atoms with Gasteiger partial charge in [-0.2, -0.15) is 5.10 Å². The number of aryl methyl sites for hydroxylation is 3.